The lowest BCUT2D eigenvalue weighted by Crippen LogP contribution is -1.92. The van der Waals surface area contributed by atoms with E-state index in [2.05, 4.69) is 194 Å². The largest absolute Gasteiger partial charge is 0.455 e. The van der Waals surface area contributed by atoms with Gasteiger partial charge < -0.3 is 4.42 Å². The molecule has 56 heavy (non-hydrogen) atoms. The Labute approximate surface area is 327 Å². The zero-order valence-electron chi connectivity index (χ0n) is 30.3. The second-order valence-electron chi connectivity index (χ2n) is 14.7. The van der Waals surface area contributed by atoms with Gasteiger partial charge in [-0.05, 0) is 89.6 Å². The van der Waals surface area contributed by atoms with Crippen molar-refractivity contribution < 1.29 is 4.42 Å². The second-order valence-corrected chi connectivity index (χ2v) is 15.8. The smallest absolute Gasteiger partial charge is 0.144 e. The third kappa shape index (κ3) is 4.67. The summed E-state index contributed by atoms with van der Waals surface area (Å²) in [6.45, 7) is 0. The number of rotatable bonds is 4. The van der Waals surface area contributed by atoms with E-state index in [1.807, 2.05) is 11.3 Å². The predicted octanol–water partition coefficient (Wildman–Crippen LogP) is 16.1. The third-order valence-electron chi connectivity index (χ3n) is 11.6. The van der Waals surface area contributed by atoms with Gasteiger partial charge in [0.15, 0.2) is 0 Å². The lowest BCUT2D eigenvalue weighted by molar-refractivity contribution is 0.670. The van der Waals surface area contributed by atoms with Gasteiger partial charge >= 0.3 is 0 Å². The van der Waals surface area contributed by atoms with E-state index >= 15 is 0 Å². The highest BCUT2D eigenvalue weighted by Gasteiger charge is 2.27. The Bertz CT molecular complexity index is 3470. The van der Waals surface area contributed by atoms with Crippen LogP contribution in [0.4, 0.5) is 0 Å². The van der Waals surface area contributed by atoms with Crippen LogP contribution in [0, 0.1) is 0 Å². The summed E-state index contributed by atoms with van der Waals surface area (Å²) in [6, 6.07) is 70.9. The summed E-state index contributed by atoms with van der Waals surface area (Å²) in [5, 5.41) is 13.4. The van der Waals surface area contributed by atoms with E-state index in [-0.39, 0.29) is 0 Å². The molecule has 1 nitrogen and oxygen atoms in total. The molecule has 0 aliphatic rings. The topological polar surface area (TPSA) is 13.1 Å². The Balaban J connectivity index is 1.27. The summed E-state index contributed by atoms with van der Waals surface area (Å²) in [6.07, 6.45) is 0. The number of fused-ring (bicyclic) bond motifs is 8. The van der Waals surface area contributed by atoms with E-state index < -0.39 is 0 Å². The summed E-state index contributed by atoms with van der Waals surface area (Å²) in [7, 11) is 0. The van der Waals surface area contributed by atoms with E-state index in [4.69, 9.17) is 4.42 Å². The molecule has 0 saturated heterocycles. The molecule has 10 aromatic carbocycles. The van der Waals surface area contributed by atoms with Crippen LogP contribution in [0.25, 0.3) is 119 Å². The van der Waals surface area contributed by atoms with Crippen molar-refractivity contribution in [3.63, 3.8) is 0 Å². The predicted molar refractivity (Wildman–Crippen MR) is 241 cm³/mol. The molecule has 2 heterocycles. The van der Waals surface area contributed by atoms with Crippen molar-refractivity contribution in [2.75, 3.05) is 0 Å². The molecule has 0 aliphatic heterocycles. The molecule has 0 aliphatic carbocycles. The molecule has 12 rings (SSSR count). The van der Waals surface area contributed by atoms with E-state index in [0.717, 1.165) is 27.5 Å². The lowest BCUT2D eigenvalue weighted by Gasteiger charge is -2.18. The molecule has 0 amide bonds. The fraction of sp³-hybridized carbons (Fsp3) is 0. The van der Waals surface area contributed by atoms with E-state index in [0.29, 0.717) is 0 Å². The Kier molecular flexibility index (Phi) is 6.87. The summed E-state index contributed by atoms with van der Waals surface area (Å²) in [4.78, 5) is 1.26. The first-order chi connectivity index (χ1) is 27.8. The van der Waals surface area contributed by atoms with Crippen LogP contribution in [0.1, 0.15) is 0 Å². The molecular weight excluding hydrogens is 697 g/mol. The van der Waals surface area contributed by atoms with E-state index in [9.17, 15) is 0 Å². The van der Waals surface area contributed by atoms with Gasteiger partial charge in [-0.3, -0.25) is 0 Å². The maximum Gasteiger partial charge on any atom is 0.144 e. The quantitative estimate of drug-likeness (QED) is 0.165. The minimum Gasteiger partial charge on any atom is -0.455 e. The summed E-state index contributed by atoms with van der Waals surface area (Å²) in [5.41, 5.74) is 10.4. The number of hydrogen-bond donors (Lipinski definition) is 0. The van der Waals surface area contributed by atoms with Crippen LogP contribution in [0.2, 0.25) is 0 Å². The van der Waals surface area contributed by atoms with Crippen molar-refractivity contribution in [2.24, 2.45) is 0 Å². The number of benzene rings is 10. The summed E-state index contributed by atoms with van der Waals surface area (Å²) in [5.74, 6) is 0. The second kappa shape index (κ2) is 12.3. The van der Waals surface area contributed by atoms with Crippen LogP contribution in [0.3, 0.4) is 0 Å². The van der Waals surface area contributed by atoms with E-state index in [1.165, 1.54) is 91.4 Å². The van der Waals surface area contributed by atoms with Crippen LogP contribution in [-0.4, -0.2) is 0 Å². The molecule has 12 aromatic rings. The highest BCUT2D eigenvalue weighted by molar-refractivity contribution is 7.23. The average Bonchev–Trinajstić information content (AvgIpc) is 3.83. The van der Waals surface area contributed by atoms with Gasteiger partial charge in [0.05, 0.1) is 0 Å². The molecule has 2 aromatic heterocycles. The van der Waals surface area contributed by atoms with Crippen LogP contribution < -0.4 is 0 Å². The van der Waals surface area contributed by atoms with Gasteiger partial charge in [0.2, 0.25) is 0 Å². The van der Waals surface area contributed by atoms with Gasteiger partial charge in [-0.25, -0.2) is 0 Å². The monoisotopic (exact) mass is 728 g/mol. The number of furan rings is 1. The van der Waals surface area contributed by atoms with Gasteiger partial charge in [-0.15, -0.1) is 11.3 Å². The minimum absolute atomic E-state index is 0.902. The van der Waals surface area contributed by atoms with Crippen LogP contribution >= 0.6 is 11.3 Å². The maximum atomic E-state index is 7.03. The van der Waals surface area contributed by atoms with Gasteiger partial charge in [0, 0.05) is 42.4 Å². The van der Waals surface area contributed by atoms with Gasteiger partial charge in [0.25, 0.3) is 0 Å². The van der Waals surface area contributed by atoms with Crippen LogP contribution in [0.5, 0.6) is 0 Å². The standard InChI is InChI=1S/C54H32OS/c1-2-16-35(17-3-1)49-46-32-45-40-20-12-13-25-47(40)55-52(45)51(54(46)56-53(49)39-29-27-34-15-5-7-19-37(34)31-39)50-43-23-10-8-21-41(43)48(42-22-9-11-24-44(42)50)38-28-26-33-14-4-6-18-36(33)30-38/h1-32H. The van der Waals surface area contributed by atoms with Crippen molar-refractivity contribution in [1.29, 1.82) is 0 Å². The third-order valence-corrected chi connectivity index (χ3v) is 12.9. The Morgan fingerprint density at radius 2 is 0.821 bits per heavy atom. The molecule has 0 saturated carbocycles. The number of hydrogen-bond acceptors (Lipinski definition) is 2. The van der Waals surface area contributed by atoms with Crippen molar-refractivity contribution >= 4 is 86.5 Å². The van der Waals surface area contributed by atoms with E-state index in [1.54, 1.807) is 0 Å². The van der Waals surface area contributed by atoms with Crippen molar-refractivity contribution in [3.8, 4) is 43.8 Å². The first kappa shape index (κ1) is 31.4. The molecule has 0 radical (unpaired) electrons. The Morgan fingerprint density at radius 3 is 1.48 bits per heavy atom. The Hall–Kier alpha value is -7.00. The lowest BCUT2D eigenvalue weighted by atomic mass is 9.84. The minimum atomic E-state index is 0.902. The molecular formula is C54H32OS. The fourth-order valence-corrected chi connectivity index (χ4v) is 10.5. The first-order valence-electron chi connectivity index (χ1n) is 19.2. The van der Waals surface area contributed by atoms with Crippen molar-refractivity contribution in [1.82, 2.24) is 0 Å². The molecule has 260 valence electrons. The first-order valence-corrected chi connectivity index (χ1v) is 20.0. The molecule has 0 unspecified atom stereocenters. The van der Waals surface area contributed by atoms with Crippen LogP contribution in [0.15, 0.2) is 199 Å². The number of para-hydroxylation sites is 1. The molecule has 0 bridgehead atoms. The highest BCUT2D eigenvalue weighted by atomic mass is 32.1. The molecule has 0 fully saturated rings. The zero-order valence-corrected chi connectivity index (χ0v) is 31.1. The van der Waals surface area contributed by atoms with Crippen molar-refractivity contribution in [2.45, 2.75) is 0 Å². The van der Waals surface area contributed by atoms with Gasteiger partial charge in [-0.1, -0.05) is 170 Å². The molecule has 2 heteroatoms. The summed E-state index contributed by atoms with van der Waals surface area (Å²) >= 11 is 1.89. The highest BCUT2D eigenvalue weighted by Crippen LogP contribution is 2.55. The maximum absolute atomic E-state index is 7.03. The summed E-state index contributed by atoms with van der Waals surface area (Å²) < 4.78 is 8.26. The fourth-order valence-electron chi connectivity index (χ4n) is 9.12. The SMILES string of the molecule is c1ccc(-c2c(-c3ccc4ccccc4c3)sc3c(-c4c5ccccc5c(-c5ccc6ccccc6c5)c5ccccc45)c4oc5ccccc5c4cc23)cc1. The molecule has 0 N–H and O–H groups in total. The molecule has 0 spiro atoms. The molecule has 0 atom stereocenters. The Morgan fingerprint density at radius 1 is 0.304 bits per heavy atom. The zero-order chi connectivity index (χ0) is 36.7. The van der Waals surface area contributed by atoms with Gasteiger partial charge in [-0.2, -0.15) is 0 Å². The van der Waals surface area contributed by atoms with Gasteiger partial charge in [0.1, 0.15) is 11.2 Å². The van der Waals surface area contributed by atoms with Crippen molar-refractivity contribution in [3.05, 3.63) is 194 Å². The average molecular weight is 729 g/mol. The number of thiophene rings is 1. The van der Waals surface area contributed by atoms with Crippen LogP contribution in [-0.2, 0) is 0 Å². The normalized spacial score (nSPS) is 11.9.